The highest BCUT2D eigenvalue weighted by Gasteiger charge is 2.40. The van der Waals surface area contributed by atoms with Gasteiger partial charge in [0.25, 0.3) is 10.0 Å². The summed E-state index contributed by atoms with van der Waals surface area (Å²) in [5.41, 5.74) is 1.39. The number of amides is 1. The maximum Gasteiger partial charge on any atom is 0.341 e. The number of nitrogens with zero attached hydrogens (tertiary/aromatic N) is 1. The van der Waals surface area contributed by atoms with Crippen molar-refractivity contribution in [2.75, 3.05) is 18.5 Å². The van der Waals surface area contributed by atoms with E-state index in [4.69, 9.17) is 4.74 Å². The van der Waals surface area contributed by atoms with E-state index in [2.05, 4.69) is 5.32 Å². The predicted octanol–water partition coefficient (Wildman–Crippen LogP) is 3.27. The van der Waals surface area contributed by atoms with E-state index in [1.54, 1.807) is 24.4 Å². The van der Waals surface area contributed by atoms with Crippen LogP contribution >= 0.6 is 22.7 Å². The number of aryl methyl sites for hydroxylation is 1. The Morgan fingerprint density at radius 3 is 2.86 bits per heavy atom. The number of hydrogen-bond donors (Lipinski definition) is 1. The second kappa shape index (κ2) is 8.17. The van der Waals surface area contributed by atoms with Gasteiger partial charge in [-0.15, -0.1) is 22.7 Å². The molecule has 0 aromatic carbocycles. The first kappa shape index (κ1) is 20.5. The van der Waals surface area contributed by atoms with Crippen LogP contribution in [0.3, 0.4) is 0 Å². The first-order chi connectivity index (χ1) is 13.9. The minimum absolute atomic E-state index is 0.236. The molecule has 1 N–H and O–H groups in total. The van der Waals surface area contributed by atoms with Gasteiger partial charge in [-0.1, -0.05) is 6.07 Å². The van der Waals surface area contributed by atoms with Crippen LogP contribution in [0.4, 0.5) is 5.00 Å². The van der Waals surface area contributed by atoms with Gasteiger partial charge >= 0.3 is 5.97 Å². The van der Waals surface area contributed by atoms with Gasteiger partial charge in [0.1, 0.15) is 15.3 Å². The Balaban J connectivity index is 1.59. The van der Waals surface area contributed by atoms with E-state index in [9.17, 15) is 18.0 Å². The van der Waals surface area contributed by atoms with Crippen LogP contribution in [0.2, 0.25) is 0 Å². The van der Waals surface area contributed by atoms with Crippen LogP contribution in [0.1, 0.15) is 47.0 Å². The topological polar surface area (TPSA) is 92.8 Å². The van der Waals surface area contributed by atoms with E-state index in [1.807, 2.05) is 0 Å². The van der Waals surface area contributed by atoms with Crippen molar-refractivity contribution in [2.24, 2.45) is 0 Å². The number of carbonyl (C=O) groups excluding carboxylic acids is 2. The quantitative estimate of drug-likeness (QED) is 0.677. The number of rotatable bonds is 6. The van der Waals surface area contributed by atoms with Crippen LogP contribution in [0, 0.1) is 0 Å². The van der Waals surface area contributed by atoms with E-state index in [0.717, 1.165) is 41.0 Å². The molecule has 1 amide bonds. The van der Waals surface area contributed by atoms with Gasteiger partial charge in [-0.25, -0.2) is 13.2 Å². The van der Waals surface area contributed by atoms with Crippen LogP contribution in [0.25, 0.3) is 0 Å². The summed E-state index contributed by atoms with van der Waals surface area (Å²) in [6.45, 7) is 2.31. The van der Waals surface area contributed by atoms with Crippen LogP contribution < -0.4 is 5.32 Å². The SMILES string of the molecule is CCOC(=O)c1c(NC(=O)C2CCCN2S(=O)(=O)c2cccs2)sc2c1CCC2. The van der Waals surface area contributed by atoms with E-state index in [-0.39, 0.29) is 10.8 Å². The Labute approximate surface area is 177 Å². The average Bonchev–Trinajstić information content (AvgIpc) is 3.43. The molecule has 3 heterocycles. The van der Waals surface area contributed by atoms with E-state index in [1.165, 1.54) is 15.6 Å². The Bertz CT molecular complexity index is 1030. The highest BCUT2D eigenvalue weighted by Crippen LogP contribution is 2.40. The molecule has 0 bridgehead atoms. The summed E-state index contributed by atoms with van der Waals surface area (Å²) in [6, 6.07) is 2.45. The summed E-state index contributed by atoms with van der Waals surface area (Å²) in [4.78, 5) is 26.6. The van der Waals surface area contributed by atoms with Crippen molar-refractivity contribution in [1.82, 2.24) is 4.31 Å². The van der Waals surface area contributed by atoms with Crippen molar-refractivity contribution in [2.45, 2.75) is 49.3 Å². The van der Waals surface area contributed by atoms with Crippen molar-refractivity contribution >= 4 is 49.6 Å². The smallest absolute Gasteiger partial charge is 0.341 e. The third-order valence-electron chi connectivity index (χ3n) is 5.20. The molecule has 0 saturated carbocycles. The third-order valence-corrected chi connectivity index (χ3v) is 9.69. The lowest BCUT2D eigenvalue weighted by molar-refractivity contribution is -0.119. The van der Waals surface area contributed by atoms with Gasteiger partial charge in [0.2, 0.25) is 5.91 Å². The Morgan fingerprint density at radius 1 is 1.31 bits per heavy atom. The maximum absolute atomic E-state index is 13.0. The van der Waals surface area contributed by atoms with Crippen LogP contribution in [-0.4, -0.2) is 43.8 Å². The molecular weight excluding hydrogens is 432 g/mol. The summed E-state index contributed by atoms with van der Waals surface area (Å²) in [7, 11) is -3.71. The van der Waals surface area contributed by atoms with E-state index >= 15 is 0 Å². The zero-order valence-electron chi connectivity index (χ0n) is 16.0. The standard InChI is InChI=1S/C19H22N2O5S3/c1-2-26-19(23)16-12-6-3-8-14(12)28-18(16)20-17(22)13-7-4-10-21(13)29(24,25)15-9-5-11-27-15/h5,9,11,13H,2-4,6-8,10H2,1H3,(H,20,22). The highest BCUT2D eigenvalue weighted by molar-refractivity contribution is 7.91. The molecule has 4 rings (SSSR count). The molecule has 10 heteroatoms. The number of nitrogens with one attached hydrogen (secondary N) is 1. The fourth-order valence-corrected chi connectivity index (χ4v) is 7.98. The highest BCUT2D eigenvalue weighted by atomic mass is 32.2. The molecule has 156 valence electrons. The number of esters is 1. The van der Waals surface area contributed by atoms with Crippen molar-refractivity contribution in [3.05, 3.63) is 33.5 Å². The fourth-order valence-electron chi connectivity index (χ4n) is 3.92. The first-order valence-corrected chi connectivity index (χ1v) is 12.7. The molecule has 1 saturated heterocycles. The molecule has 2 aliphatic rings. The number of fused-ring (bicyclic) bond motifs is 1. The number of hydrogen-bond acceptors (Lipinski definition) is 7. The second-order valence-electron chi connectivity index (χ2n) is 6.98. The van der Waals surface area contributed by atoms with Crippen LogP contribution in [0.15, 0.2) is 21.7 Å². The van der Waals surface area contributed by atoms with Gasteiger partial charge in [-0.05, 0) is 56.0 Å². The maximum atomic E-state index is 13.0. The van der Waals surface area contributed by atoms with Crippen molar-refractivity contribution in [3.8, 4) is 0 Å². The van der Waals surface area contributed by atoms with E-state index in [0.29, 0.717) is 30.0 Å². The molecule has 1 unspecified atom stereocenters. The minimum Gasteiger partial charge on any atom is -0.462 e. The molecule has 2 aromatic heterocycles. The number of thiophene rings is 2. The molecule has 0 spiro atoms. The Kier molecular flexibility index (Phi) is 5.78. The fraction of sp³-hybridized carbons (Fsp3) is 0.474. The zero-order chi connectivity index (χ0) is 20.6. The van der Waals surface area contributed by atoms with Gasteiger partial charge in [-0.3, -0.25) is 4.79 Å². The molecule has 7 nitrogen and oxygen atoms in total. The van der Waals surface area contributed by atoms with Gasteiger partial charge in [0.15, 0.2) is 0 Å². The van der Waals surface area contributed by atoms with Crippen LogP contribution in [-0.2, 0) is 32.4 Å². The molecule has 1 aliphatic heterocycles. The third kappa shape index (κ3) is 3.74. The van der Waals surface area contributed by atoms with Gasteiger partial charge < -0.3 is 10.1 Å². The van der Waals surface area contributed by atoms with Crippen molar-refractivity contribution in [3.63, 3.8) is 0 Å². The van der Waals surface area contributed by atoms with Crippen LogP contribution in [0.5, 0.6) is 0 Å². The largest absolute Gasteiger partial charge is 0.462 e. The number of carbonyl (C=O) groups is 2. The van der Waals surface area contributed by atoms with E-state index < -0.39 is 27.9 Å². The average molecular weight is 455 g/mol. The van der Waals surface area contributed by atoms with Gasteiger partial charge in [-0.2, -0.15) is 4.31 Å². The molecule has 1 fully saturated rings. The van der Waals surface area contributed by atoms with Gasteiger partial charge in [0, 0.05) is 11.4 Å². The minimum atomic E-state index is -3.71. The lowest BCUT2D eigenvalue weighted by Gasteiger charge is -2.22. The monoisotopic (exact) mass is 454 g/mol. The lowest BCUT2D eigenvalue weighted by Crippen LogP contribution is -2.42. The molecule has 1 atom stereocenters. The first-order valence-electron chi connectivity index (χ1n) is 9.61. The predicted molar refractivity (Wildman–Crippen MR) is 112 cm³/mol. The molecule has 29 heavy (non-hydrogen) atoms. The molecule has 1 aliphatic carbocycles. The second-order valence-corrected chi connectivity index (χ2v) is 11.1. The summed E-state index contributed by atoms with van der Waals surface area (Å²) in [5.74, 6) is -0.829. The Hall–Kier alpha value is -1.75. The van der Waals surface area contributed by atoms with Gasteiger partial charge in [0.05, 0.1) is 12.2 Å². The number of sulfonamides is 1. The molecule has 2 aromatic rings. The summed E-state index contributed by atoms with van der Waals surface area (Å²) >= 11 is 2.54. The summed E-state index contributed by atoms with van der Waals surface area (Å²) in [6.07, 6.45) is 3.73. The zero-order valence-corrected chi connectivity index (χ0v) is 18.4. The molecule has 0 radical (unpaired) electrons. The lowest BCUT2D eigenvalue weighted by atomic mass is 10.1. The Morgan fingerprint density at radius 2 is 2.14 bits per heavy atom. The number of anilines is 1. The van der Waals surface area contributed by atoms with Crippen molar-refractivity contribution in [1.29, 1.82) is 0 Å². The normalized spacial score (nSPS) is 19.3. The van der Waals surface area contributed by atoms with Crippen molar-refractivity contribution < 1.29 is 22.7 Å². The summed E-state index contributed by atoms with van der Waals surface area (Å²) < 4.78 is 32.6. The molecular formula is C19H22N2O5S3. The number of ether oxygens (including phenoxy) is 1. The summed E-state index contributed by atoms with van der Waals surface area (Å²) in [5, 5.41) is 5.02.